The highest BCUT2D eigenvalue weighted by molar-refractivity contribution is 5.98. The minimum Gasteiger partial charge on any atom is -0.489 e. The topological polar surface area (TPSA) is 58.6 Å². The van der Waals surface area contributed by atoms with Crippen LogP contribution in [0.5, 0.6) is 5.75 Å². The number of anilines is 1. The van der Waals surface area contributed by atoms with Crippen LogP contribution in [-0.2, 0) is 9.59 Å². The van der Waals surface area contributed by atoms with Crippen LogP contribution in [0.15, 0.2) is 24.3 Å². The van der Waals surface area contributed by atoms with E-state index in [1.165, 1.54) is 0 Å². The molecule has 1 N–H and O–H groups in total. The van der Waals surface area contributed by atoms with Crippen molar-refractivity contribution in [2.45, 2.75) is 46.1 Å². The summed E-state index contributed by atoms with van der Waals surface area (Å²) in [6.45, 7) is 7.24. The number of para-hydroxylation sites is 2. The summed E-state index contributed by atoms with van der Waals surface area (Å²) in [4.78, 5) is 26.2. The first-order chi connectivity index (χ1) is 11.0. The number of rotatable bonds is 7. The van der Waals surface area contributed by atoms with E-state index >= 15 is 0 Å². The molecule has 0 radical (unpaired) electrons. The van der Waals surface area contributed by atoms with Crippen LogP contribution in [0.25, 0.3) is 0 Å². The number of hydrogen-bond donors (Lipinski definition) is 1. The average Bonchev–Trinajstić information content (AvgIpc) is 2.88. The number of hydrogen-bond acceptors (Lipinski definition) is 3. The van der Waals surface area contributed by atoms with Crippen LogP contribution in [0.3, 0.4) is 0 Å². The van der Waals surface area contributed by atoms with E-state index in [2.05, 4.69) is 12.2 Å². The van der Waals surface area contributed by atoms with Crippen molar-refractivity contribution in [3.05, 3.63) is 24.3 Å². The van der Waals surface area contributed by atoms with Gasteiger partial charge in [0.1, 0.15) is 5.75 Å². The number of nitrogens with zero attached hydrogens (tertiary/aromatic N) is 1. The van der Waals surface area contributed by atoms with E-state index in [0.29, 0.717) is 24.4 Å². The number of amides is 2. The first-order valence-corrected chi connectivity index (χ1v) is 8.35. The second kappa shape index (κ2) is 7.99. The van der Waals surface area contributed by atoms with Gasteiger partial charge in [0.15, 0.2) is 0 Å². The standard InChI is InChI=1S/C18H26N2O3/c1-4-5-10-20-12-14(11-17(20)21)18(22)19-15-8-6-7-9-16(15)23-13(2)3/h6-9,13-14H,4-5,10-12H2,1-3H3,(H,19,22). The lowest BCUT2D eigenvalue weighted by Gasteiger charge is -2.17. The number of benzene rings is 1. The van der Waals surface area contributed by atoms with E-state index in [-0.39, 0.29) is 23.8 Å². The van der Waals surface area contributed by atoms with Crippen LogP contribution in [0.4, 0.5) is 5.69 Å². The van der Waals surface area contributed by atoms with E-state index in [9.17, 15) is 9.59 Å². The van der Waals surface area contributed by atoms with Crippen molar-refractivity contribution in [3.63, 3.8) is 0 Å². The molecule has 1 fully saturated rings. The van der Waals surface area contributed by atoms with Crippen LogP contribution in [0.1, 0.15) is 40.0 Å². The molecule has 2 amide bonds. The minimum absolute atomic E-state index is 0.0330. The summed E-state index contributed by atoms with van der Waals surface area (Å²) >= 11 is 0. The number of ether oxygens (including phenoxy) is 1. The van der Waals surface area contributed by atoms with Gasteiger partial charge in [-0.2, -0.15) is 0 Å². The van der Waals surface area contributed by atoms with Gasteiger partial charge in [0.25, 0.3) is 0 Å². The summed E-state index contributed by atoms with van der Waals surface area (Å²) < 4.78 is 5.71. The lowest BCUT2D eigenvalue weighted by Crippen LogP contribution is -2.29. The highest BCUT2D eigenvalue weighted by atomic mass is 16.5. The molecule has 23 heavy (non-hydrogen) atoms. The quantitative estimate of drug-likeness (QED) is 0.840. The van der Waals surface area contributed by atoms with E-state index in [0.717, 1.165) is 19.4 Å². The van der Waals surface area contributed by atoms with Gasteiger partial charge in [0.05, 0.1) is 17.7 Å². The molecule has 1 aromatic carbocycles. The lowest BCUT2D eigenvalue weighted by atomic mass is 10.1. The fraction of sp³-hybridized carbons (Fsp3) is 0.556. The van der Waals surface area contributed by atoms with Crippen molar-refractivity contribution >= 4 is 17.5 Å². The third-order valence-electron chi connectivity index (χ3n) is 3.87. The highest BCUT2D eigenvalue weighted by Crippen LogP contribution is 2.27. The fourth-order valence-electron chi connectivity index (χ4n) is 2.67. The highest BCUT2D eigenvalue weighted by Gasteiger charge is 2.34. The molecule has 1 aromatic rings. The fourth-order valence-corrected chi connectivity index (χ4v) is 2.67. The molecule has 5 heteroatoms. The summed E-state index contributed by atoms with van der Waals surface area (Å²) in [7, 11) is 0. The van der Waals surface area contributed by atoms with E-state index in [1.54, 1.807) is 4.90 Å². The van der Waals surface area contributed by atoms with Gasteiger partial charge < -0.3 is 15.0 Å². The molecule has 0 saturated carbocycles. The normalized spacial score (nSPS) is 17.7. The van der Waals surface area contributed by atoms with Gasteiger partial charge in [-0.05, 0) is 32.4 Å². The molecular weight excluding hydrogens is 292 g/mol. The zero-order chi connectivity index (χ0) is 16.8. The van der Waals surface area contributed by atoms with E-state index in [1.807, 2.05) is 38.1 Å². The molecule has 2 rings (SSSR count). The zero-order valence-corrected chi connectivity index (χ0v) is 14.2. The SMILES string of the molecule is CCCCN1CC(C(=O)Nc2ccccc2OC(C)C)CC1=O. The van der Waals surface area contributed by atoms with Gasteiger partial charge in [-0.3, -0.25) is 9.59 Å². The molecule has 1 saturated heterocycles. The van der Waals surface area contributed by atoms with Crippen molar-refractivity contribution < 1.29 is 14.3 Å². The van der Waals surface area contributed by atoms with Crippen LogP contribution in [0.2, 0.25) is 0 Å². The van der Waals surface area contributed by atoms with E-state index in [4.69, 9.17) is 4.74 Å². The van der Waals surface area contributed by atoms with Crippen molar-refractivity contribution in [2.24, 2.45) is 5.92 Å². The maximum absolute atomic E-state index is 12.5. The molecule has 5 nitrogen and oxygen atoms in total. The Morgan fingerprint density at radius 1 is 1.39 bits per heavy atom. The first kappa shape index (κ1) is 17.3. The maximum atomic E-state index is 12.5. The van der Waals surface area contributed by atoms with Crippen LogP contribution in [-0.4, -0.2) is 35.9 Å². The van der Waals surface area contributed by atoms with Gasteiger partial charge in [0.2, 0.25) is 11.8 Å². The van der Waals surface area contributed by atoms with Crippen molar-refractivity contribution in [1.29, 1.82) is 0 Å². The molecule has 1 aliphatic rings. The molecule has 0 spiro atoms. The number of carbonyl (C=O) groups is 2. The third kappa shape index (κ3) is 4.71. The first-order valence-electron chi connectivity index (χ1n) is 8.35. The Hall–Kier alpha value is -2.04. The maximum Gasteiger partial charge on any atom is 0.229 e. The number of unbranched alkanes of at least 4 members (excludes halogenated alkanes) is 1. The molecule has 126 valence electrons. The smallest absolute Gasteiger partial charge is 0.229 e. The van der Waals surface area contributed by atoms with Gasteiger partial charge in [0, 0.05) is 19.5 Å². The zero-order valence-electron chi connectivity index (χ0n) is 14.2. The van der Waals surface area contributed by atoms with Crippen molar-refractivity contribution in [1.82, 2.24) is 4.90 Å². The average molecular weight is 318 g/mol. The Morgan fingerprint density at radius 3 is 2.83 bits per heavy atom. The van der Waals surface area contributed by atoms with Crippen molar-refractivity contribution in [2.75, 3.05) is 18.4 Å². The van der Waals surface area contributed by atoms with E-state index < -0.39 is 0 Å². The van der Waals surface area contributed by atoms with Crippen LogP contribution < -0.4 is 10.1 Å². The Bertz CT molecular complexity index is 557. The predicted octanol–water partition coefficient (Wildman–Crippen LogP) is 3.06. The molecule has 1 atom stereocenters. The second-order valence-corrected chi connectivity index (χ2v) is 6.25. The Kier molecular flexibility index (Phi) is 6.02. The number of nitrogens with one attached hydrogen (secondary N) is 1. The Labute approximate surface area is 138 Å². The monoisotopic (exact) mass is 318 g/mol. The molecule has 1 aliphatic heterocycles. The second-order valence-electron chi connectivity index (χ2n) is 6.25. The van der Waals surface area contributed by atoms with Gasteiger partial charge >= 0.3 is 0 Å². The molecule has 0 aromatic heterocycles. The summed E-state index contributed by atoms with van der Waals surface area (Å²) in [5.41, 5.74) is 0.658. The minimum atomic E-state index is -0.286. The summed E-state index contributed by atoms with van der Waals surface area (Å²) in [6.07, 6.45) is 2.35. The summed E-state index contributed by atoms with van der Waals surface area (Å²) in [6, 6.07) is 7.39. The third-order valence-corrected chi connectivity index (χ3v) is 3.87. The largest absolute Gasteiger partial charge is 0.489 e. The number of likely N-dealkylation sites (tertiary alicyclic amines) is 1. The van der Waals surface area contributed by atoms with Gasteiger partial charge in [-0.25, -0.2) is 0 Å². The summed E-state index contributed by atoms with van der Waals surface area (Å²) in [5.74, 6) is 0.331. The molecular formula is C18H26N2O3. The van der Waals surface area contributed by atoms with Gasteiger partial charge in [-0.15, -0.1) is 0 Å². The molecule has 0 bridgehead atoms. The van der Waals surface area contributed by atoms with Crippen LogP contribution >= 0.6 is 0 Å². The Balaban J connectivity index is 1.99. The van der Waals surface area contributed by atoms with Crippen molar-refractivity contribution in [3.8, 4) is 5.75 Å². The predicted molar refractivity (Wildman–Crippen MR) is 90.4 cm³/mol. The Morgan fingerprint density at radius 2 is 2.13 bits per heavy atom. The molecule has 0 aliphatic carbocycles. The summed E-state index contributed by atoms with van der Waals surface area (Å²) in [5, 5.41) is 2.91. The van der Waals surface area contributed by atoms with Crippen LogP contribution in [0, 0.1) is 5.92 Å². The lowest BCUT2D eigenvalue weighted by molar-refractivity contribution is -0.128. The molecule has 1 unspecified atom stereocenters. The molecule has 1 heterocycles. The van der Waals surface area contributed by atoms with Gasteiger partial charge in [-0.1, -0.05) is 25.5 Å². The number of carbonyl (C=O) groups excluding carboxylic acids is 2.